The highest BCUT2D eigenvalue weighted by Crippen LogP contribution is 2.40. The molecule has 6 heteroatoms. The van der Waals surface area contributed by atoms with Gasteiger partial charge in [-0.1, -0.05) is 11.6 Å². The number of nitrogens with zero attached hydrogens (tertiary/aromatic N) is 2. The fraction of sp³-hybridized carbons (Fsp3) is 0.600. The Balaban J connectivity index is 1.35. The predicted molar refractivity (Wildman–Crippen MR) is 91.8 cm³/mol. The van der Waals surface area contributed by atoms with Gasteiger partial charge in [-0.2, -0.15) is 0 Å². The highest BCUT2D eigenvalue weighted by Gasteiger charge is 2.17. The first-order valence-corrected chi connectivity index (χ1v) is 9.50. The maximum atomic E-state index is 9.50. The van der Waals surface area contributed by atoms with Crippen LogP contribution in [-0.2, 0) is 0 Å². The lowest BCUT2D eigenvalue weighted by molar-refractivity contribution is 0.0817. The van der Waals surface area contributed by atoms with Crippen LogP contribution < -0.4 is 0 Å². The predicted octanol–water partition coefficient (Wildman–Crippen LogP) is 3.93. The van der Waals surface area contributed by atoms with Crippen molar-refractivity contribution >= 4 is 41.0 Å². The van der Waals surface area contributed by atoms with Crippen LogP contribution in [0, 0.1) is 0 Å². The third kappa shape index (κ3) is 4.39. The molecule has 2 aliphatic heterocycles. The van der Waals surface area contributed by atoms with Crippen molar-refractivity contribution < 1.29 is 5.11 Å². The highest BCUT2D eigenvalue weighted by molar-refractivity contribution is 7.99. The number of halogens is 1. The van der Waals surface area contributed by atoms with Gasteiger partial charge in [0.25, 0.3) is 0 Å². The molecule has 1 aromatic heterocycles. The molecule has 3 heterocycles. The first-order valence-electron chi connectivity index (χ1n) is 7.53. The monoisotopic (exact) mass is 344 g/mol. The van der Waals surface area contributed by atoms with E-state index in [2.05, 4.69) is 21.5 Å². The number of piperidine rings is 1. The van der Waals surface area contributed by atoms with Gasteiger partial charge in [0.1, 0.15) is 0 Å². The second kappa shape index (κ2) is 7.38. The van der Waals surface area contributed by atoms with E-state index in [-0.39, 0.29) is 6.10 Å². The number of hydrogen-bond donors (Lipinski definition) is 1. The van der Waals surface area contributed by atoms with E-state index in [0.29, 0.717) is 0 Å². The van der Waals surface area contributed by atoms with Gasteiger partial charge in [0, 0.05) is 31.4 Å². The van der Waals surface area contributed by atoms with Crippen LogP contribution in [0.2, 0.25) is 4.34 Å². The van der Waals surface area contributed by atoms with E-state index < -0.39 is 0 Å². The van der Waals surface area contributed by atoms with Gasteiger partial charge >= 0.3 is 0 Å². The van der Waals surface area contributed by atoms with Crippen LogP contribution in [0.25, 0.3) is 6.08 Å². The van der Waals surface area contributed by atoms with Gasteiger partial charge in [-0.3, -0.25) is 0 Å². The van der Waals surface area contributed by atoms with Gasteiger partial charge in [-0.05, 0) is 56.3 Å². The van der Waals surface area contributed by atoms with E-state index in [4.69, 9.17) is 11.6 Å². The first-order chi connectivity index (χ1) is 10.2. The van der Waals surface area contributed by atoms with Crippen molar-refractivity contribution in [2.24, 2.45) is 0 Å². The minimum Gasteiger partial charge on any atom is -0.393 e. The van der Waals surface area contributed by atoms with Gasteiger partial charge in [0.2, 0.25) is 0 Å². The number of aliphatic hydroxyl groups is 1. The number of aliphatic hydroxyl groups excluding tert-OH is 1. The summed E-state index contributed by atoms with van der Waals surface area (Å²) in [7, 11) is 0. The second-order valence-corrected chi connectivity index (χ2v) is 8.62. The molecule has 1 fully saturated rings. The maximum Gasteiger partial charge on any atom is 0.0947 e. The summed E-state index contributed by atoms with van der Waals surface area (Å²) in [6, 6.07) is 2.03. The Morgan fingerprint density at radius 2 is 2.00 bits per heavy atom. The zero-order valence-corrected chi connectivity index (χ0v) is 14.4. The molecule has 1 N–H and O–H groups in total. The smallest absolute Gasteiger partial charge is 0.0947 e. The molecule has 0 spiro atoms. The summed E-state index contributed by atoms with van der Waals surface area (Å²) < 4.78 is 4.47. The Kier molecular flexibility index (Phi) is 5.51. The summed E-state index contributed by atoms with van der Waals surface area (Å²) in [6.07, 6.45) is 8.54. The Bertz CT molecular complexity index is 498. The molecule has 3 nitrogen and oxygen atoms in total. The molecule has 1 saturated heterocycles. The van der Waals surface area contributed by atoms with E-state index in [1.807, 2.05) is 6.07 Å². The number of rotatable bonds is 5. The molecule has 0 amide bonds. The van der Waals surface area contributed by atoms with Crippen molar-refractivity contribution in [2.45, 2.75) is 36.0 Å². The quantitative estimate of drug-likeness (QED) is 0.646. The van der Waals surface area contributed by atoms with Crippen LogP contribution in [-0.4, -0.2) is 46.6 Å². The standard InChI is InChI=1S/C15H21ClN2OS2/c16-14-11-12-3-10-18(21-15(12)20-14)7-2-1-6-17-8-4-13(19)5-9-17/h3,10-11,13,19H,1-2,4-9H2. The van der Waals surface area contributed by atoms with Gasteiger partial charge in [-0.15, -0.1) is 11.3 Å². The van der Waals surface area contributed by atoms with Crippen molar-refractivity contribution in [3.63, 3.8) is 0 Å². The van der Waals surface area contributed by atoms with Gasteiger partial charge in [-0.25, -0.2) is 0 Å². The molecule has 116 valence electrons. The summed E-state index contributed by atoms with van der Waals surface area (Å²) in [5.74, 6) is 0. The summed E-state index contributed by atoms with van der Waals surface area (Å²) in [4.78, 5) is 2.48. The first kappa shape index (κ1) is 15.7. The molecule has 0 radical (unpaired) electrons. The molecule has 0 atom stereocenters. The second-order valence-electron chi connectivity index (χ2n) is 5.62. The highest BCUT2D eigenvalue weighted by atomic mass is 35.5. The molecule has 2 aliphatic rings. The van der Waals surface area contributed by atoms with E-state index in [9.17, 15) is 5.11 Å². The van der Waals surface area contributed by atoms with Crippen LogP contribution in [0.4, 0.5) is 0 Å². The lowest BCUT2D eigenvalue weighted by Gasteiger charge is -2.29. The zero-order chi connectivity index (χ0) is 14.7. The lowest BCUT2D eigenvalue weighted by Crippen LogP contribution is -2.36. The molecular formula is C15H21ClN2OS2. The molecule has 0 bridgehead atoms. The summed E-state index contributed by atoms with van der Waals surface area (Å²) in [5, 5.41) is 9.50. The minimum absolute atomic E-state index is 0.0667. The fourth-order valence-corrected chi connectivity index (χ4v) is 5.30. The van der Waals surface area contributed by atoms with E-state index in [1.54, 1.807) is 23.3 Å². The maximum absolute atomic E-state index is 9.50. The lowest BCUT2D eigenvalue weighted by atomic mass is 10.1. The van der Waals surface area contributed by atoms with Crippen molar-refractivity contribution in [1.29, 1.82) is 0 Å². The van der Waals surface area contributed by atoms with E-state index in [1.165, 1.54) is 22.6 Å². The Labute approximate surface area is 139 Å². The van der Waals surface area contributed by atoms with Crippen LogP contribution in [0.1, 0.15) is 31.2 Å². The van der Waals surface area contributed by atoms with E-state index in [0.717, 1.165) is 43.4 Å². The zero-order valence-electron chi connectivity index (χ0n) is 12.0. The van der Waals surface area contributed by atoms with Crippen molar-refractivity contribution in [1.82, 2.24) is 9.21 Å². The van der Waals surface area contributed by atoms with Crippen molar-refractivity contribution in [3.8, 4) is 0 Å². The van der Waals surface area contributed by atoms with Crippen molar-refractivity contribution in [2.75, 3.05) is 26.2 Å². The molecule has 21 heavy (non-hydrogen) atoms. The van der Waals surface area contributed by atoms with E-state index >= 15 is 0 Å². The fourth-order valence-electron chi connectivity index (χ4n) is 2.71. The summed E-state index contributed by atoms with van der Waals surface area (Å²) in [5.41, 5.74) is 1.25. The average Bonchev–Trinajstić information content (AvgIpc) is 2.85. The minimum atomic E-state index is -0.0667. The number of thiophene rings is 1. The van der Waals surface area contributed by atoms with Crippen molar-refractivity contribution in [3.05, 3.63) is 22.2 Å². The molecule has 0 unspecified atom stereocenters. The third-order valence-corrected chi connectivity index (χ3v) is 6.46. The topological polar surface area (TPSA) is 26.7 Å². The molecule has 3 rings (SSSR count). The summed E-state index contributed by atoms with van der Waals surface area (Å²) >= 11 is 9.51. The number of fused-ring (bicyclic) bond motifs is 1. The Hall–Kier alpha value is -0.200. The van der Waals surface area contributed by atoms with Crippen LogP contribution in [0.15, 0.2) is 16.5 Å². The molecule has 0 aliphatic carbocycles. The SMILES string of the molecule is OC1CCN(CCCCN2C=Cc3cc(Cl)sc3S2)CC1. The van der Waals surface area contributed by atoms with Gasteiger partial charge in [0.15, 0.2) is 0 Å². The average molecular weight is 345 g/mol. The number of hydrogen-bond acceptors (Lipinski definition) is 5. The van der Waals surface area contributed by atoms with Gasteiger partial charge < -0.3 is 14.3 Å². The van der Waals surface area contributed by atoms with Crippen LogP contribution >= 0.6 is 34.9 Å². The van der Waals surface area contributed by atoms with Crippen LogP contribution in [0.3, 0.4) is 0 Å². The molecule has 0 aromatic carbocycles. The van der Waals surface area contributed by atoms with Gasteiger partial charge in [0.05, 0.1) is 14.6 Å². The molecular weight excluding hydrogens is 324 g/mol. The normalized spacial score (nSPS) is 20.0. The Morgan fingerprint density at radius 3 is 2.81 bits per heavy atom. The number of likely N-dealkylation sites (tertiary alicyclic amines) is 1. The summed E-state index contributed by atoms with van der Waals surface area (Å²) in [6.45, 7) is 4.34. The van der Waals surface area contributed by atoms with Crippen LogP contribution in [0.5, 0.6) is 0 Å². The largest absolute Gasteiger partial charge is 0.393 e. The molecule has 1 aromatic rings. The molecule has 0 saturated carbocycles. The number of unbranched alkanes of at least 4 members (excludes halogenated alkanes) is 1. The third-order valence-electron chi connectivity index (χ3n) is 3.98. The Morgan fingerprint density at radius 1 is 1.24 bits per heavy atom.